The number of hydrogen-bond donors (Lipinski definition) is 1. The Kier molecular flexibility index (Phi) is 4.94. The van der Waals surface area contributed by atoms with Crippen LogP contribution in [-0.4, -0.2) is 24.9 Å². The van der Waals surface area contributed by atoms with Crippen molar-refractivity contribution in [1.29, 1.82) is 0 Å². The molecule has 0 heterocycles. The quantitative estimate of drug-likeness (QED) is 0.854. The number of halogens is 4. The Labute approximate surface area is 121 Å². The van der Waals surface area contributed by atoms with Gasteiger partial charge in [0.15, 0.2) is 6.10 Å². The Bertz CT molecular complexity index is 448. The highest BCUT2D eigenvalue weighted by Gasteiger charge is 2.39. The fourth-order valence-corrected chi connectivity index (χ4v) is 2.11. The number of benzene rings is 1. The summed E-state index contributed by atoms with van der Waals surface area (Å²) < 4.78 is 43.2. The van der Waals surface area contributed by atoms with Gasteiger partial charge in [-0.2, -0.15) is 13.2 Å². The molecule has 0 aliphatic heterocycles. The summed E-state index contributed by atoms with van der Waals surface area (Å²) in [6.07, 6.45) is -4.79. The molecule has 2 nitrogen and oxygen atoms in total. The molecule has 20 heavy (non-hydrogen) atoms. The summed E-state index contributed by atoms with van der Waals surface area (Å²) in [4.78, 5) is 0. The van der Waals surface area contributed by atoms with Crippen molar-refractivity contribution in [3.8, 4) is 0 Å². The van der Waals surface area contributed by atoms with Crippen LogP contribution in [0.3, 0.4) is 0 Å². The van der Waals surface area contributed by atoms with Gasteiger partial charge in [0.1, 0.15) is 0 Å². The highest BCUT2D eigenvalue weighted by atomic mass is 35.5. The van der Waals surface area contributed by atoms with E-state index in [2.05, 4.69) is 5.32 Å². The molecule has 0 bridgehead atoms. The molecule has 1 aromatic carbocycles. The molecular formula is C14H17ClF3NO. The zero-order valence-corrected chi connectivity index (χ0v) is 11.8. The standard InChI is InChI=1S/C14H17ClF3NO/c1-9(14(16,17)18)20-13(8-19-10-6-7-10)11-4-2-3-5-12(11)15/h2-5,9-10,13,19H,6-8H2,1H3. The lowest BCUT2D eigenvalue weighted by Crippen LogP contribution is -2.34. The molecule has 6 heteroatoms. The second-order valence-electron chi connectivity index (χ2n) is 5.01. The van der Waals surface area contributed by atoms with Crippen molar-refractivity contribution < 1.29 is 17.9 Å². The van der Waals surface area contributed by atoms with Crippen LogP contribution in [-0.2, 0) is 4.74 Å². The minimum atomic E-state index is -4.38. The number of ether oxygens (including phenoxy) is 1. The van der Waals surface area contributed by atoms with E-state index in [0.29, 0.717) is 23.2 Å². The van der Waals surface area contributed by atoms with Gasteiger partial charge in [0, 0.05) is 23.2 Å². The molecule has 1 aromatic rings. The van der Waals surface area contributed by atoms with E-state index < -0.39 is 18.4 Å². The molecule has 1 N–H and O–H groups in total. The van der Waals surface area contributed by atoms with Crippen LogP contribution < -0.4 is 5.32 Å². The zero-order valence-electron chi connectivity index (χ0n) is 11.1. The number of nitrogens with one attached hydrogen (secondary N) is 1. The van der Waals surface area contributed by atoms with Crippen LogP contribution in [0.4, 0.5) is 13.2 Å². The van der Waals surface area contributed by atoms with E-state index in [9.17, 15) is 13.2 Å². The molecule has 0 saturated heterocycles. The van der Waals surface area contributed by atoms with Crippen LogP contribution in [0.1, 0.15) is 31.4 Å². The predicted octanol–water partition coefficient (Wildman–Crippen LogP) is 4.10. The molecule has 112 valence electrons. The lowest BCUT2D eigenvalue weighted by Gasteiger charge is -2.25. The maximum atomic E-state index is 12.7. The largest absolute Gasteiger partial charge is 0.414 e. The van der Waals surface area contributed by atoms with Crippen LogP contribution in [0.25, 0.3) is 0 Å². The van der Waals surface area contributed by atoms with Crippen LogP contribution in [0, 0.1) is 0 Å². The molecule has 1 aliphatic rings. The summed E-state index contributed by atoms with van der Waals surface area (Å²) in [5, 5.41) is 3.61. The topological polar surface area (TPSA) is 21.3 Å². The average Bonchev–Trinajstić information content (AvgIpc) is 3.18. The summed E-state index contributed by atoms with van der Waals surface area (Å²) in [6, 6.07) is 7.23. The van der Waals surface area contributed by atoms with E-state index >= 15 is 0 Å². The number of hydrogen-bond acceptors (Lipinski definition) is 2. The van der Waals surface area contributed by atoms with Crippen LogP contribution in [0.2, 0.25) is 5.02 Å². The van der Waals surface area contributed by atoms with Gasteiger partial charge in [-0.05, 0) is 25.8 Å². The average molecular weight is 308 g/mol. The molecule has 1 saturated carbocycles. The molecule has 2 unspecified atom stereocenters. The van der Waals surface area contributed by atoms with Crippen molar-refractivity contribution >= 4 is 11.6 Å². The molecule has 1 fully saturated rings. The second kappa shape index (κ2) is 6.33. The summed E-state index contributed by atoms with van der Waals surface area (Å²) in [7, 11) is 0. The Hall–Kier alpha value is -0.780. The molecule has 2 atom stereocenters. The number of alkyl halides is 3. The molecule has 0 aromatic heterocycles. The first kappa shape index (κ1) is 15.6. The van der Waals surface area contributed by atoms with E-state index in [1.807, 2.05) is 0 Å². The van der Waals surface area contributed by atoms with E-state index in [1.165, 1.54) is 0 Å². The van der Waals surface area contributed by atoms with Gasteiger partial charge in [-0.1, -0.05) is 29.8 Å². The summed E-state index contributed by atoms with van der Waals surface area (Å²) in [5.41, 5.74) is 0.582. The monoisotopic (exact) mass is 307 g/mol. The van der Waals surface area contributed by atoms with Gasteiger partial charge in [0.25, 0.3) is 0 Å². The van der Waals surface area contributed by atoms with Crippen molar-refractivity contribution in [1.82, 2.24) is 5.32 Å². The van der Waals surface area contributed by atoms with Crippen molar-refractivity contribution in [3.05, 3.63) is 34.9 Å². The molecule has 0 spiro atoms. The summed E-state index contributed by atoms with van der Waals surface area (Å²) in [5.74, 6) is 0. The second-order valence-corrected chi connectivity index (χ2v) is 5.42. The minimum Gasteiger partial charge on any atom is -0.360 e. The SMILES string of the molecule is CC(OC(CNC1CC1)c1ccccc1Cl)C(F)(F)F. The first-order chi connectivity index (χ1) is 9.38. The summed E-state index contributed by atoms with van der Waals surface area (Å²) in [6.45, 7) is 1.34. The van der Waals surface area contributed by atoms with Gasteiger partial charge >= 0.3 is 6.18 Å². The third-order valence-corrected chi connectivity index (χ3v) is 3.59. The fourth-order valence-electron chi connectivity index (χ4n) is 1.85. The van der Waals surface area contributed by atoms with Gasteiger partial charge in [-0.25, -0.2) is 0 Å². The van der Waals surface area contributed by atoms with Gasteiger partial charge < -0.3 is 10.1 Å². The van der Waals surface area contributed by atoms with Gasteiger partial charge in [-0.15, -0.1) is 0 Å². The van der Waals surface area contributed by atoms with Crippen LogP contribution in [0.5, 0.6) is 0 Å². The zero-order chi connectivity index (χ0) is 14.8. The van der Waals surface area contributed by atoms with Crippen molar-refractivity contribution in [2.75, 3.05) is 6.54 Å². The first-order valence-corrected chi connectivity index (χ1v) is 6.95. The Morgan fingerprint density at radius 1 is 1.35 bits per heavy atom. The highest BCUT2D eigenvalue weighted by molar-refractivity contribution is 6.31. The molecule has 1 aliphatic carbocycles. The van der Waals surface area contributed by atoms with Crippen LogP contribution >= 0.6 is 11.6 Å². The van der Waals surface area contributed by atoms with Crippen molar-refractivity contribution in [2.24, 2.45) is 0 Å². The lowest BCUT2D eigenvalue weighted by atomic mass is 10.1. The maximum Gasteiger partial charge on any atom is 0.414 e. The Morgan fingerprint density at radius 3 is 2.55 bits per heavy atom. The molecule has 2 rings (SSSR count). The third kappa shape index (κ3) is 4.36. The highest BCUT2D eigenvalue weighted by Crippen LogP contribution is 2.31. The number of rotatable bonds is 6. The van der Waals surface area contributed by atoms with Gasteiger partial charge in [-0.3, -0.25) is 0 Å². The van der Waals surface area contributed by atoms with Gasteiger partial charge in [0.05, 0.1) is 6.10 Å². The fraction of sp³-hybridized carbons (Fsp3) is 0.571. The summed E-state index contributed by atoms with van der Waals surface area (Å²) >= 11 is 6.06. The Morgan fingerprint density at radius 2 is 2.00 bits per heavy atom. The Balaban J connectivity index is 2.09. The van der Waals surface area contributed by atoms with Crippen molar-refractivity contribution in [3.63, 3.8) is 0 Å². The molecular weight excluding hydrogens is 291 g/mol. The van der Waals surface area contributed by atoms with E-state index in [1.54, 1.807) is 24.3 Å². The van der Waals surface area contributed by atoms with Gasteiger partial charge in [0.2, 0.25) is 0 Å². The third-order valence-electron chi connectivity index (χ3n) is 3.25. The van der Waals surface area contributed by atoms with E-state index in [4.69, 9.17) is 16.3 Å². The first-order valence-electron chi connectivity index (χ1n) is 6.58. The van der Waals surface area contributed by atoms with E-state index in [-0.39, 0.29) is 0 Å². The molecule has 0 amide bonds. The lowest BCUT2D eigenvalue weighted by molar-refractivity contribution is -0.227. The van der Waals surface area contributed by atoms with Crippen LogP contribution in [0.15, 0.2) is 24.3 Å². The predicted molar refractivity (Wildman–Crippen MR) is 71.8 cm³/mol. The maximum absolute atomic E-state index is 12.7. The smallest absolute Gasteiger partial charge is 0.360 e. The normalized spacial score (nSPS) is 18.9. The van der Waals surface area contributed by atoms with E-state index in [0.717, 1.165) is 19.8 Å². The minimum absolute atomic E-state index is 0.328. The van der Waals surface area contributed by atoms with Crippen molar-refractivity contribution in [2.45, 2.75) is 44.2 Å². The molecule has 0 radical (unpaired) electrons.